The molecule has 0 aliphatic rings. The molecule has 0 spiro atoms. The van der Waals surface area contributed by atoms with Gasteiger partial charge >= 0.3 is 24.0 Å². The molecule has 0 saturated carbocycles. The number of ether oxygens (including phenoxy) is 4. The number of hydrogen-bond donors (Lipinski definition) is 2. The van der Waals surface area contributed by atoms with Crippen LogP contribution in [0.1, 0.15) is 34.6 Å². The first-order valence-corrected chi connectivity index (χ1v) is 17.4. The van der Waals surface area contributed by atoms with Crippen molar-refractivity contribution in [3.05, 3.63) is 129 Å². The molecule has 0 aliphatic carbocycles. The summed E-state index contributed by atoms with van der Waals surface area (Å²) in [6.45, 7) is 3.44. The number of nitrogens with zero attached hydrogens (tertiary/aromatic N) is 2. The predicted molar refractivity (Wildman–Crippen MR) is 200 cm³/mol. The lowest BCUT2D eigenvalue weighted by Gasteiger charge is -2.12. The van der Waals surface area contributed by atoms with E-state index in [0.717, 1.165) is 20.3 Å². The maximum atomic E-state index is 13.6. The normalized spacial score (nSPS) is 11.4. The molecule has 1 aromatic heterocycles. The summed E-state index contributed by atoms with van der Waals surface area (Å²) in [5.41, 5.74) is 1.10. The molecule has 0 amide bonds. The third kappa shape index (κ3) is 10.0. The van der Waals surface area contributed by atoms with Crippen LogP contribution < -0.4 is 20.1 Å². The van der Waals surface area contributed by atoms with Crippen molar-refractivity contribution in [3.63, 3.8) is 0 Å². The number of amidine groups is 2. The maximum Gasteiger partial charge on any atom is 0.342 e. The van der Waals surface area contributed by atoms with Gasteiger partial charge in [0.1, 0.15) is 32.6 Å². The fraction of sp³-hybridized carbons (Fsp3) is 0.111. The monoisotopic (exact) mass is 804 g/mol. The second kappa shape index (κ2) is 17.4. The number of nitrogens with one attached hydrogen (secondary N) is 2. The van der Waals surface area contributed by atoms with E-state index >= 15 is 0 Å². The van der Waals surface area contributed by atoms with E-state index in [4.69, 9.17) is 28.9 Å². The van der Waals surface area contributed by atoms with Gasteiger partial charge < -0.3 is 29.6 Å². The van der Waals surface area contributed by atoms with Crippen molar-refractivity contribution in [2.45, 2.75) is 13.8 Å². The number of benzene rings is 4. The Balaban J connectivity index is 1.69. The summed E-state index contributed by atoms with van der Waals surface area (Å²) in [5.74, 6) is -0.617. The number of aliphatic imine (C=N–C) groups is 2. The van der Waals surface area contributed by atoms with Gasteiger partial charge in [-0.1, -0.05) is 79.6 Å². The molecule has 0 bridgehead atoms. The Hall–Kier alpha value is -4.98. The fourth-order valence-corrected chi connectivity index (χ4v) is 5.75. The predicted octanol–water partition coefficient (Wildman–Crippen LogP) is 9.98. The number of esters is 2. The molecule has 0 unspecified atom stereocenters. The van der Waals surface area contributed by atoms with Crippen LogP contribution in [0.4, 0.5) is 21.4 Å². The Bertz CT molecular complexity index is 1800. The average Bonchev–Trinajstić information content (AvgIpc) is 3.45. The first-order valence-electron chi connectivity index (χ1n) is 15.0. The zero-order valence-corrected chi connectivity index (χ0v) is 30.3. The highest BCUT2D eigenvalue weighted by Gasteiger charge is 2.32. The van der Waals surface area contributed by atoms with E-state index in [-0.39, 0.29) is 46.4 Å². The van der Waals surface area contributed by atoms with E-state index in [1.54, 1.807) is 38.1 Å². The molecule has 5 rings (SSSR count). The molecule has 0 saturated heterocycles. The molecule has 4 aromatic carbocycles. The quantitative estimate of drug-likeness (QED) is 0.0814. The second-order valence-corrected chi connectivity index (χ2v) is 12.6. The molecular weight excluding hydrogens is 776 g/mol. The fourth-order valence-electron chi connectivity index (χ4n) is 4.21. The van der Waals surface area contributed by atoms with Crippen LogP contribution in [0.3, 0.4) is 0 Å². The molecule has 0 radical (unpaired) electrons. The maximum absolute atomic E-state index is 13.6. The third-order valence-electron chi connectivity index (χ3n) is 6.34. The van der Waals surface area contributed by atoms with Crippen molar-refractivity contribution in [2.75, 3.05) is 23.8 Å². The van der Waals surface area contributed by atoms with E-state index in [1.807, 2.05) is 84.9 Å². The Kier molecular flexibility index (Phi) is 12.6. The van der Waals surface area contributed by atoms with Crippen molar-refractivity contribution in [1.29, 1.82) is 0 Å². The van der Waals surface area contributed by atoms with E-state index in [0.29, 0.717) is 22.9 Å². The Morgan fingerprint density at radius 2 is 0.959 bits per heavy atom. The summed E-state index contributed by atoms with van der Waals surface area (Å²) in [4.78, 5) is 36.6. The lowest BCUT2D eigenvalue weighted by atomic mass is 10.1. The molecular formula is C36H30Br2N4O6S. The first-order chi connectivity index (χ1) is 23.8. The van der Waals surface area contributed by atoms with Gasteiger partial charge in [0.2, 0.25) is 0 Å². The molecule has 0 aliphatic heterocycles. The van der Waals surface area contributed by atoms with Crippen LogP contribution in [0, 0.1) is 0 Å². The molecule has 2 N–H and O–H groups in total. The van der Waals surface area contributed by atoms with Crippen LogP contribution in [0.2, 0.25) is 0 Å². The first kappa shape index (κ1) is 35.3. The minimum atomic E-state index is -0.781. The number of hydrogen-bond acceptors (Lipinski definition) is 9. The topological polar surface area (TPSA) is 120 Å². The van der Waals surface area contributed by atoms with Crippen LogP contribution in [-0.4, -0.2) is 37.2 Å². The Labute approximate surface area is 304 Å². The van der Waals surface area contributed by atoms with Gasteiger partial charge in [0.15, 0.2) is 0 Å². The minimum absolute atomic E-state index is 0.0278. The number of anilines is 2. The highest BCUT2D eigenvalue weighted by molar-refractivity contribution is 9.10. The molecule has 5 aromatic rings. The molecule has 1 heterocycles. The molecule has 250 valence electrons. The molecule has 0 atom stereocenters. The highest BCUT2D eigenvalue weighted by Crippen LogP contribution is 2.43. The van der Waals surface area contributed by atoms with Crippen molar-refractivity contribution in [3.8, 4) is 11.5 Å². The molecule has 0 fully saturated rings. The third-order valence-corrected chi connectivity index (χ3v) is 8.38. The summed E-state index contributed by atoms with van der Waals surface area (Å²) in [5, 5.41) is 6.51. The van der Waals surface area contributed by atoms with Crippen LogP contribution in [-0.2, 0) is 9.47 Å². The van der Waals surface area contributed by atoms with E-state index < -0.39 is 11.9 Å². The number of rotatable bonds is 10. The van der Waals surface area contributed by atoms with Crippen LogP contribution in [0.15, 0.2) is 128 Å². The number of halogens is 2. The van der Waals surface area contributed by atoms with Gasteiger partial charge in [0.05, 0.1) is 13.2 Å². The number of para-hydroxylation sites is 2. The van der Waals surface area contributed by atoms with Crippen LogP contribution in [0.25, 0.3) is 0 Å². The minimum Gasteiger partial charge on any atom is -0.462 e. The smallest absolute Gasteiger partial charge is 0.342 e. The molecule has 10 nitrogen and oxygen atoms in total. The van der Waals surface area contributed by atoms with Crippen molar-refractivity contribution in [2.24, 2.45) is 9.98 Å². The summed E-state index contributed by atoms with van der Waals surface area (Å²) in [6.07, 6.45) is 0. The van der Waals surface area contributed by atoms with Gasteiger partial charge in [0, 0.05) is 20.3 Å². The molecule has 13 heteroatoms. The Morgan fingerprint density at radius 3 is 1.31 bits per heavy atom. The largest absolute Gasteiger partial charge is 0.462 e. The van der Waals surface area contributed by atoms with E-state index in [9.17, 15) is 9.59 Å². The van der Waals surface area contributed by atoms with Gasteiger partial charge in [0.25, 0.3) is 0 Å². The van der Waals surface area contributed by atoms with Crippen molar-refractivity contribution >= 4 is 88.6 Å². The average molecular weight is 807 g/mol. The summed E-state index contributed by atoms with van der Waals surface area (Å²) in [6, 6.07) is 32.9. The number of carbonyl (C=O) groups is 2. The van der Waals surface area contributed by atoms with Gasteiger partial charge in [-0.15, -0.1) is 0 Å². The molecule has 49 heavy (non-hydrogen) atoms. The number of carbonyl (C=O) groups excluding carboxylic acids is 2. The van der Waals surface area contributed by atoms with E-state index in [1.165, 1.54) is 0 Å². The zero-order chi connectivity index (χ0) is 34.6. The van der Waals surface area contributed by atoms with Crippen molar-refractivity contribution in [1.82, 2.24) is 0 Å². The van der Waals surface area contributed by atoms with Crippen LogP contribution >= 0.6 is 43.2 Å². The van der Waals surface area contributed by atoms with Crippen LogP contribution in [0.5, 0.6) is 11.5 Å². The van der Waals surface area contributed by atoms with Crippen molar-refractivity contribution < 1.29 is 28.5 Å². The standard InChI is InChI=1S/C36H30Br2N4O6S/c1-3-45-33(43)29-30(34(44)46-4-2)32(42-36(40-26-13-9-6-10-14-26)48-28-21-17-24(38)18-22-28)49-31(29)41-35(39-25-11-7-5-8-12-25)47-27-19-15-23(37)16-20-27/h5-22H,3-4H2,1-2H3,(H,39,41)(H,40,42). The van der Waals surface area contributed by atoms with Gasteiger partial charge in [-0.25, -0.2) is 9.59 Å². The SMILES string of the molecule is CCOC(=O)c1c(/N=C(/Nc2ccccc2)Oc2ccc(Br)cc2)sc(/N=C(\Nc2ccccc2)Oc2ccc(Br)cc2)c1C(=O)OCC. The highest BCUT2D eigenvalue weighted by atomic mass is 79.9. The van der Waals surface area contributed by atoms with Gasteiger partial charge in [-0.2, -0.15) is 9.98 Å². The lowest BCUT2D eigenvalue weighted by molar-refractivity contribution is 0.0481. The van der Waals surface area contributed by atoms with Gasteiger partial charge in [-0.05, 0) is 86.6 Å². The Morgan fingerprint density at radius 1 is 0.592 bits per heavy atom. The summed E-state index contributed by atoms with van der Waals surface area (Å²) in [7, 11) is 0. The summed E-state index contributed by atoms with van der Waals surface area (Å²) >= 11 is 7.84. The second-order valence-electron chi connectivity index (χ2n) is 9.83. The summed E-state index contributed by atoms with van der Waals surface area (Å²) < 4.78 is 24.9. The van der Waals surface area contributed by atoms with E-state index in [2.05, 4.69) is 42.5 Å². The zero-order valence-electron chi connectivity index (χ0n) is 26.3. The lowest BCUT2D eigenvalue weighted by Crippen LogP contribution is -2.20. The van der Waals surface area contributed by atoms with Gasteiger partial charge in [-0.3, -0.25) is 0 Å². The number of thiophene rings is 1.